The summed E-state index contributed by atoms with van der Waals surface area (Å²) in [6, 6.07) is 2.05. The molecule has 2 rings (SSSR count). The molecule has 2 atom stereocenters. The Bertz CT molecular complexity index is 726. The number of aliphatic carboxylic acids is 1. The van der Waals surface area contributed by atoms with Gasteiger partial charge in [0.05, 0.1) is 39.5 Å². The Morgan fingerprint density at radius 2 is 1.79 bits per heavy atom. The minimum Gasteiger partial charge on any atom is -0.493 e. The number of carboxylic acid groups (broad SMARTS) is 1. The molecule has 28 heavy (non-hydrogen) atoms. The molecule has 2 amide bonds. The predicted molar refractivity (Wildman–Crippen MR) is 98.0 cm³/mol. The second-order valence-electron chi connectivity index (χ2n) is 6.14. The number of nitrogens with zero attached hydrogens (tertiary/aromatic N) is 1. The van der Waals surface area contributed by atoms with Gasteiger partial charge in [0.2, 0.25) is 17.6 Å². The molecular weight excluding hydrogens is 372 g/mol. The molecular formula is C18H24N2O8. The van der Waals surface area contributed by atoms with Gasteiger partial charge >= 0.3 is 5.97 Å². The third-order valence-electron chi connectivity index (χ3n) is 4.40. The molecule has 1 aliphatic rings. The SMILES string of the molecule is COCC(NC(=O)C1CC(=O)N(c2cc(OC)c(OC)c(OC)c2)C1)C(=O)O. The van der Waals surface area contributed by atoms with Gasteiger partial charge in [-0.05, 0) is 0 Å². The summed E-state index contributed by atoms with van der Waals surface area (Å²) in [5, 5.41) is 11.5. The van der Waals surface area contributed by atoms with Crippen LogP contribution in [0, 0.1) is 5.92 Å². The highest BCUT2D eigenvalue weighted by atomic mass is 16.5. The number of hydrogen-bond donors (Lipinski definition) is 2. The first-order chi connectivity index (χ1) is 13.4. The van der Waals surface area contributed by atoms with E-state index in [1.54, 1.807) is 12.1 Å². The number of carbonyl (C=O) groups is 3. The van der Waals surface area contributed by atoms with Gasteiger partial charge in [-0.25, -0.2) is 4.79 Å². The summed E-state index contributed by atoms with van der Waals surface area (Å²) in [6.07, 6.45) is -0.0399. The fourth-order valence-corrected chi connectivity index (χ4v) is 2.99. The molecule has 2 unspecified atom stereocenters. The number of carboxylic acids is 1. The van der Waals surface area contributed by atoms with Crippen LogP contribution in [0.1, 0.15) is 6.42 Å². The Hall–Kier alpha value is -3.01. The van der Waals surface area contributed by atoms with Crippen molar-refractivity contribution >= 4 is 23.5 Å². The Morgan fingerprint density at radius 1 is 1.18 bits per heavy atom. The van der Waals surface area contributed by atoms with Crippen LogP contribution in [0.25, 0.3) is 0 Å². The topological polar surface area (TPSA) is 124 Å². The van der Waals surface area contributed by atoms with E-state index in [2.05, 4.69) is 5.32 Å². The molecule has 0 aromatic heterocycles. The van der Waals surface area contributed by atoms with E-state index in [1.165, 1.54) is 33.3 Å². The quantitative estimate of drug-likeness (QED) is 0.610. The van der Waals surface area contributed by atoms with E-state index in [0.29, 0.717) is 22.9 Å². The zero-order valence-corrected chi connectivity index (χ0v) is 16.2. The molecule has 1 saturated heterocycles. The van der Waals surface area contributed by atoms with Crippen molar-refractivity contribution in [3.05, 3.63) is 12.1 Å². The van der Waals surface area contributed by atoms with Crippen LogP contribution in [0.4, 0.5) is 5.69 Å². The summed E-state index contributed by atoms with van der Waals surface area (Å²) in [6.45, 7) is -0.0685. The third-order valence-corrected chi connectivity index (χ3v) is 4.40. The highest BCUT2D eigenvalue weighted by molar-refractivity contribution is 6.01. The Labute approximate surface area is 162 Å². The highest BCUT2D eigenvalue weighted by Crippen LogP contribution is 2.42. The Morgan fingerprint density at radius 3 is 2.25 bits per heavy atom. The fourth-order valence-electron chi connectivity index (χ4n) is 2.99. The van der Waals surface area contributed by atoms with Crippen molar-refractivity contribution in [3.63, 3.8) is 0 Å². The van der Waals surface area contributed by atoms with Gasteiger partial charge in [-0.3, -0.25) is 9.59 Å². The number of anilines is 1. The zero-order chi connectivity index (χ0) is 20.8. The van der Waals surface area contributed by atoms with Crippen LogP contribution in [0.5, 0.6) is 17.2 Å². The molecule has 0 radical (unpaired) electrons. The van der Waals surface area contributed by atoms with E-state index in [0.717, 1.165) is 0 Å². The van der Waals surface area contributed by atoms with Gasteiger partial charge in [-0.15, -0.1) is 0 Å². The maximum Gasteiger partial charge on any atom is 0.328 e. The summed E-state index contributed by atoms with van der Waals surface area (Å²) in [4.78, 5) is 37.5. The standard InChI is InChI=1S/C18H24N2O8/c1-25-9-12(18(23)24)19-17(22)10-5-15(21)20(8-10)11-6-13(26-2)16(28-4)14(7-11)27-3/h6-7,10,12H,5,8-9H2,1-4H3,(H,19,22)(H,23,24). The van der Waals surface area contributed by atoms with Gasteiger partial charge in [-0.1, -0.05) is 0 Å². The summed E-state index contributed by atoms with van der Waals surface area (Å²) < 4.78 is 20.7. The molecule has 1 aliphatic heterocycles. The van der Waals surface area contributed by atoms with E-state index >= 15 is 0 Å². The van der Waals surface area contributed by atoms with Gasteiger partial charge in [0.25, 0.3) is 0 Å². The molecule has 1 aromatic rings. The van der Waals surface area contributed by atoms with E-state index in [9.17, 15) is 14.4 Å². The average Bonchev–Trinajstić information content (AvgIpc) is 3.07. The first-order valence-electron chi connectivity index (χ1n) is 8.48. The largest absolute Gasteiger partial charge is 0.493 e. The minimum atomic E-state index is -1.21. The summed E-state index contributed by atoms with van der Waals surface area (Å²) in [5.41, 5.74) is 0.487. The minimum absolute atomic E-state index is 0.0399. The number of methoxy groups -OCH3 is 4. The van der Waals surface area contributed by atoms with Crippen LogP contribution in [0.3, 0.4) is 0 Å². The second-order valence-corrected chi connectivity index (χ2v) is 6.14. The average molecular weight is 396 g/mol. The Kier molecular flexibility index (Phi) is 7.05. The van der Waals surface area contributed by atoms with Crippen molar-refractivity contribution in [1.82, 2.24) is 5.32 Å². The number of nitrogens with one attached hydrogen (secondary N) is 1. The van der Waals surface area contributed by atoms with Crippen LogP contribution in [-0.4, -0.2) is 70.5 Å². The van der Waals surface area contributed by atoms with Gasteiger partial charge in [0, 0.05) is 32.2 Å². The number of amides is 2. The number of hydrogen-bond acceptors (Lipinski definition) is 7. The van der Waals surface area contributed by atoms with Gasteiger partial charge < -0.3 is 34.3 Å². The van der Waals surface area contributed by atoms with Gasteiger partial charge in [0.15, 0.2) is 17.5 Å². The van der Waals surface area contributed by atoms with Crippen LogP contribution in [-0.2, 0) is 19.1 Å². The van der Waals surface area contributed by atoms with Crippen molar-refractivity contribution in [2.24, 2.45) is 5.92 Å². The molecule has 1 aromatic carbocycles. The molecule has 10 heteroatoms. The monoisotopic (exact) mass is 396 g/mol. The first kappa shape index (κ1) is 21.3. The van der Waals surface area contributed by atoms with Crippen molar-refractivity contribution in [2.75, 3.05) is 46.5 Å². The number of rotatable bonds is 9. The van der Waals surface area contributed by atoms with Gasteiger partial charge in [0.1, 0.15) is 0 Å². The van der Waals surface area contributed by atoms with E-state index in [1.807, 2.05) is 0 Å². The molecule has 0 bridgehead atoms. The van der Waals surface area contributed by atoms with Crippen molar-refractivity contribution in [3.8, 4) is 17.2 Å². The maximum absolute atomic E-state index is 12.5. The lowest BCUT2D eigenvalue weighted by Gasteiger charge is -2.21. The number of carbonyl (C=O) groups excluding carboxylic acids is 2. The van der Waals surface area contributed by atoms with E-state index in [4.69, 9.17) is 24.1 Å². The predicted octanol–water partition coefficient (Wildman–Crippen LogP) is 0.281. The maximum atomic E-state index is 12.5. The lowest BCUT2D eigenvalue weighted by molar-refractivity contribution is -0.143. The van der Waals surface area contributed by atoms with Crippen LogP contribution in [0.15, 0.2) is 12.1 Å². The molecule has 0 saturated carbocycles. The first-order valence-corrected chi connectivity index (χ1v) is 8.48. The lowest BCUT2D eigenvalue weighted by atomic mass is 10.1. The summed E-state index contributed by atoms with van der Waals surface area (Å²) in [7, 11) is 5.74. The van der Waals surface area contributed by atoms with Crippen molar-refractivity contribution < 1.29 is 38.4 Å². The molecule has 1 heterocycles. The number of ether oxygens (including phenoxy) is 4. The Balaban J connectivity index is 2.20. The van der Waals surface area contributed by atoms with E-state index < -0.39 is 23.8 Å². The van der Waals surface area contributed by atoms with Gasteiger partial charge in [-0.2, -0.15) is 0 Å². The molecule has 0 aliphatic carbocycles. The molecule has 154 valence electrons. The summed E-state index contributed by atoms with van der Waals surface area (Å²) in [5.74, 6) is -1.54. The molecule has 0 spiro atoms. The summed E-state index contributed by atoms with van der Waals surface area (Å²) >= 11 is 0. The lowest BCUT2D eigenvalue weighted by Crippen LogP contribution is -2.46. The zero-order valence-electron chi connectivity index (χ0n) is 16.2. The van der Waals surface area contributed by atoms with E-state index in [-0.39, 0.29) is 25.5 Å². The van der Waals surface area contributed by atoms with Crippen LogP contribution in [0.2, 0.25) is 0 Å². The fraction of sp³-hybridized carbons (Fsp3) is 0.500. The molecule has 1 fully saturated rings. The van der Waals surface area contributed by atoms with Crippen LogP contribution >= 0.6 is 0 Å². The third kappa shape index (κ3) is 4.45. The van der Waals surface area contributed by atoms with Crippen molar-refractivity contribution in [2.45, 2.75) is 12.5 Å². The number of benzene rings is 1. The van der Waals surface area contributed by atoms with Crippen molar-refractivity contribution in [1.29, 1.82) is 0 Å². The molecule has 10 nitrogen and oxygen atoms in total. The smallest absolute Gasteiger partial charge is 0.328 e. The molecule has 2 N–H and O–H groups in total. The second kappa shape index (κ2) is 9.27. The van der Waals surface area contributed by atoms with Crippen LogP contribution < -0.4 is 24.4 Å². The highest BCUT2D eigenvalue weighted by Gasteiger charge is 2.37. The normalized spacial score (nSPS) is 17.2.